The van der Waals surface area contributed by atoms with Gasteiger partial charge in [0.1, 0.15) is 24.2 Å². The smallest absolute Gasteiger partial charge is 0.264 e. The van der Waals surface area contributed by atoms with E-state index >= 15 is 0 Å². The van der Waals surface area contributed by atoms with Gasteiger partial charge in [0.15, 0.2) is 0 Å². The van der Waals surface area contributed by atoms with Gasteiger partial charge in [0, 0.05) is 19.0 Å². The molecule has 48 heavy (non-hydrogen) atoms. The highest BCUT2D eigenvalue weighted by atomic mass is 32.2. The van der Waals surface area contributed by atoms with Crippen LogP contribution in [0.3, 0.4) is 0 Å². The highest BCUT2D eigenvalue weighted by molar-refractivity contribution is 7.92. The van der Waals surface area contributed by atoms with Gasteiger partial charge in [-0.1, -0.05) is 79.4 Å². The zero-order valence-corrected chi connectivity index (χ0v) is 28.2. The molecule has 1 aliphatic rings. The number of benzene rings is 4. The predicted molar refractivity (Wildman–Crippen MR) is 185 cm³/mol. The van der Waals surface area contributed by atoms with Crippen molar-refractivity contribution in [2.24, 2.45) is 0 Å². The maximum atomic E-state index is 14.6. The SMILES string of the molecule is COc1ccc(N(CC(=O)N(Cc2ccc(F)cc2)[C@@H](Cc2ccccc2)C(=O)NC2CCCCC2)S(=O)(=O)c2ccc(C)cc2)cc1. The number of hydrogen-bond acceptors (Lipinski definition) is 5. The summed E-state index contributed by atoms with van der Waals surface area (Å²) in [7, 11) is -2.72. The maximum absolute atomic E-state index is 14.6. The van der Waals surface area contributed by atoms with Gasteiger partial charge in [0.05, 0.1) is 17.7 Å². The fourth-order valence-electron chi connectivity index (χ4n) is 6.00. The molecule has 4 aromatic rings. The molecule has 0 bridgehead atoms. The van der Waals surface area contributed by atoms with Crippen molar-refractivity contribution >= 4 is 27.5 Å². The van der Waals surface area contributed by atoms with E-state index in [1.54, 1.807) is 48.5 Å². The summed E-state index contributed by atoms with van der Waals surface area (Å²) in [5.41, 5.74) is 2.60. The molecule has 0 heterocycles. The van der Waals surface area contributed by atoms with Gasteiger partial charge in [-0.2, -0.15) is 0 Å². The normalized spacial score (nSPS) is 14.1. The van der Waals surface area contributed by atoms with Crippen LogP contribution in [0.4, 0.5) is 10.1 Å². The molecular weight excluding hydrogens is 629 g/mol. The molecule has 0 radical (unpaired) electrons. The van der Waals surface area contributed by atoms with Crippen LogP contribution in [0.2, 0.25) is 0 Å². The summed E-state index contributed by atoms with van der Waals surface area (Å²) in [6, 6.07) is 27.0. The molecule has 1 saturated carbocycles. The molecule has 0 aromatic heterocycles. The Bertz CT molecular complexity index is 1760. The minimum Gasteiger partial charge on any atom is -0.497 e. The van der Waals surface area contributed by atoms with Crippen LogP contribution in [-0.2, 0) is 32.6 Å². The van der Waals surface area contributed by atoms with Crippen LogP contribution in [0.5, 0.6) is 5.75 Å². The second kappa shape index (κ2) is 15.9. The molecule has 1 aliphatic carbocycles. The van der Waals surface area contributed by atoms with E-state index < -0.39 is 34.3 Å². The zero-order valence-electron chi connectivity index (χ0n) is 27.3. The Morgan fingerprint density at radius 3 is 2.12 bits per heavy atom. The number of nitrogens with one attached hydrogen (secondary N) is 1. The van der Waals surface area contributed by atoms with E-state index in [1.807, 2.05) is 37.3 Å². The molecule has 0 aliphatic heterocycles. The minimum absolute atomic E-state index is 0.00925. The van der Waals surface area contributed by atoms with E-state index in [0.717, 1.165) is 47.5 Å². The zero-order chi connectivity index (χ0) is 34.1. The van der Waals surface area contributed by atoms with Crippen molar-refractivity contribution in [3.05, 3.63) is 126 Å². The molecule has 0 saturated heterocycles. The van der Waals surface area contributed by atoms with Crippen LogP contribution < -0.4 is 14.4 Å². The Labute approximate surface area is 282 Å². The number of anilines is 1. The molecule has 1 fully saturated rings. The number of carbonyl (C=O) groups excluding carboxylic acids is 2. The Morgan fingerprint density at radius 2 is 1.50 bits per heavy atom. The van der Waals surface area contributed by atoms with E-state index in [-0.39, 0.29) is 35.5 Å². The number of sulfonamides is 1. The first kappa shape index (κ1) is 34.6. The molecule has 0 unspecified atom stereocenters. The lowest BCUT2D eigenvalue weighted by Gasteiger charge is -2.35. The summed E-state index contributed by atoms with van der Waals surface area (Å²) in [5.74, 6) is -0.787. The first-order chi connectivity index (χ1) is 23.1. The second-order valence-electron chi connectivity index (χ2n) is 12.2. The number of ether oxygens (including phenoxy) is 1. The quantitative estimate of drug-likeness (QED) is 0.177. The van der Waals surface area contributed by atoms with Gasteiger partial charge in [-0.3, -0.25) is 13.9 Å². The lowest BCUT2D eigenvalue weighted by Crippen LogP contribution is -2.55. The fourth-order valence-corrected chi connectivity index (χ4v) is 7.41. The number of hydrogen-bond donors (Lipinski definition) is 1. The number of rotatable bonds is 13. The summed E-state index contributed by atoms with van der Waals surface area (Å²) in [6.45, 7) is 1.25. The van der Waals surface area contributed by atoms with Crippen molar-refractivity contribution in [2.75, 3.05) is 18.0 Å². The van der Waals surface area contributed by atoms with Crippen LogP contribution in [0.25, 0.3) is 0 Å². The minimum atomic E-state index is -4.23. The molecular formula is C38H42FN3O5S. The van der Waals surface area contributed by atoms with E-state index in [9.17, 15) is 22.4 Å². The van der Waals surface area contributed by atoms with Gasteiger partial charge in [0.25, 0.3) is 10.0 Å². The molecule has 4 aromatic carbocycles. The number of nitrogens with zero attached hydrogens (tertiary/aromatic N) is 2. The molecule has 2 amide bonds. The summed E-state index contributed by atoms with van der Waals surface area (Å²) < 4.78 is 48.7. The summed E-state index contributed by atoms with van der Waals surface area (Å²) >= 11 is 0. The number of halogens is 1. The third kappa shape index (κ3) is 8.80. The highest BCUT2D eigenvalue weighted by Crippen LogP contribution is 2.27. The first-order valence-electron chi connectivity index (χ1n) is 16.3. The van der Waals surface area contributed by atoms with Crippen molar-refractivity contribution in [3.8, 4) is 5.75 Å². The monoisotopic (exact) mass is 671 g/mol. The van der Waals surface area contributed by atoms with Crippen LogP contribution in [0.1, 0.15) is 48.8 Å². The Balaban J connectivity index is 1.56. The molecule has 0 spiro atoms. The van der Waals surface area contributed by atoms with Crippen LogP contribution in [-0.4, -0.2) is 50.9 Å². The fraction of sp³-hybridized carbons (Fsp3) is 0.316. The van der Waals surface area contributed by atoms with E-state index in [0.29, 0.717) is 11.3 Å². The van der Waals surface area contributed by atoms with Gasteiger partial charge in [-0.05, 0) is 79.4 Å². The molecule has 10 heteroatoms. The Morgan fingerprint density at radius 1 is 0.854 bits per heavy atom. The van der Waals surface area contributed by atoms with Crippen molar-refractivity contribution in [1.82, 2.24) is 10.2 Å². The maximum Gasteiger partial charge on any atom is 0.264 e. The average molecular weight is 672 g/mol. The van der Waals surface area contributed by atoms with Gasteiger partial charge in [0.2, 0.25) is 11.8 Å². The van der Waals surface area contributed by atoms with Crippen LogP contribution >= 0.6 is 0 Å². The first-order valence-corrected chi connectivity index (χ1v) is 17.7. The largest absolute Gasteiger partial charge is 0.497 e. The van der Waals surface area contributed by atoms with Crippen LogP contribution in [0.15, 0.2) is 108 Å². The summed E-state index contributed by atoms with van der Waals surface area (Å²) in [4.78, 5) is 30.3. The summed E-state index contributed by atoms with van der Waals surface area (Å²) in [5, 5.41) is 3.19. The second-order valence-corrected chi connectivity index (χ2v) is 14.1. The standard InChI is InChI=1S/C38H42FN3O5S/c1-28-13-23-35(24-14-28)48(45,46)42(33-19-21-34(47-2)22-20-33)27-37(43)41(26-30-15-17-31(39)18-16-30)36(25-29-9-5-3-6-10-29)38(44)40-32-11-7-4-8-12-32/h3,5-6,9-10,13-24,32,36H,4,7-8,11-12,25-27H2,1-2H3,(H,40,44)/t36-/m0/s1. The third-order valence-corrected chi connectivity index (χ3v) is 10.5. The third-order valence-electron chi connectivity index (χ3n) is 8.74. The van der Waals surface area contributed by atoms with Crippen LogP contribution in [0, 0.1) is 12.7 Å². The average Bonchev–Trinajstić information content (AvgIpc) is 3.10. The molecule has 1 atom stereocenters. The Kier molecular flexibility index (Phi) is 11.5. The lowest BCUT2D eigenvalue weighted by molar-refractivity contribution is -0.140. The number of carbonyl (C=O) groups is 2. The van der Waals surface area contributed by atoms with Crippen molar-refractivity contribution in [2.45, 2.75) is 69.0 Å². The molecule has 5 rings (SSSR count). The van der Waals surface area contributed by atoms with Crippen molar-refractivity contribution < 1.29 is 27.1 Å². The van der Waals surface area contributed by atoms with E-state index in [1.165, 1.54) is 36.3 Å². The molecule has 252 valence electrons. The molecule has 1 N–H and O–H groups in total. The Hall–Kier alpha value is -4.70. The van der Waals surface area contributed by atoms with Gasteiger partial charge in [-0.15, -0.1) is 0 Å². The lowest BCUT2D eigenvalue weighted by atomic mass is 9.94. The topological polar surface area (TPSA) is 96.0 Å². The molecule has 8 nitrogen and oxygen atoms in total. The van der Waals surface area contributed by atoms with Gasteiger partial charge < -0.3 is 15.0 Å². The number of aryl methyl sites for hydroxylation is 1. The van der Waals surface area contributed by atoms with E-state index in [4.69, 9.17) is 4.74 Å². The van der Waals surface area contributed by atoms with Crippen molar-refractivity contribution in [3.63, 3.8) is 0 Å². The van der Waals surface area contributed by atoms with Crippen molar-refractivity contribution in [1.29, 1.82) is 0 Å². The summed E-state index contributed by atoms with van der Waals surface area (Å²) in [6.07, 6.45) is 5.07. The van der Waals surface area contributed by atoms with E-state index in [2.05, 4.69) is 5.32 Å². The highest BCUT2D eigenvalue weighted by Gasteiger charge is 2.35. The van der Waals surface area contributed by atoms with Gasteiger partial charge in [-0.25, -0.2) is 12.8 Å². The predicted octanol–water partition coefficient (Wildman–Crippen LogP) is 6.43. The van der Waals surface area contributed by atoms with Gasteiger partial charge >= 0.3 is 0 Å². The number of amides is 2. The number of methoxy groups -OCH3 is 1.